The normalized spacial score (nSPS) is 12.3. The zero-order valence-corrected chi connectivity index (χ0v) is 13.3. The Bertz CT molecular complexity index is 821. The van der Waals surface area contributed by atoms with Gasteiger partial charge in [-0.05, 0) is 30.5 Å². The first-order chi connectivity index (χ1) is 10.3. The van der Waals surface area contributed by atoms with E-state index < -0.39 is 21.6 Å². The van der Waals surface area contributed by atoms with E-state index in [-0.39, 0.29) is 21.3 Å². The quantitative estimate of drug-likeness (QED) is 0.643. The Balaban J connectivity index is 2.25. The molecule has 2 aromatic rings. The third-order valence-corrected chi connectivity index (χ3v) is 5.36. The molecule has 8 heteroatoms. The Hall–Kier alpha value is -2.19. The number of carbonyl (C=O) groups is 1. The smallest absolute Gasteiger partial charge is 0.185 e. The van der Waals surface area contributed by atoms with Crippen LogP contribution in [0.4, 0.5) is 5.69 Å². The third-order valence-electron chi connectivity index (χ3n) is 2.81. The number of carboxylic acid groups (broad SMARTS) is 1. The van der Waals surface area contributed by atoms with Gasteiger partial charge in [0.2, 0.25) is 0 Å². The van der Waals surface area contributed by atoms with Crippen molar-refractivity contribution in [3.05, 3.63) is 46.2 Å². The van der Waals surface area contributed by atoms with Crippen LogP contribution in [-0.4, -0.2) is 26.0 Å². The molecular weight excluding hydrogens is 324 g/mol. The first-order valence-electron chi connectivity index (χ1n) is 6.21. The number of amidine groups is 1. The lowest BCUT2D eigenvalue weighted by atomic mass is 10.2. The summed E-state index contributed by atoms with van der Waals surface area (Å²) < 4.78 is 24.4. The number of hydrogen-bond acceptors (Lipinski definition) is 6. The van der Waals surface area contributed by atoms with Crippen LogP contribution in [0, 0.1) is 6.92 Å². The highest BCUT2D eigenvalue weighted by Gasteiger charge is 2.17. The molecule has 2 rings (SSSR count). The highest BCUT2D eigenvalue weighted by atomic mass is 32.2. The lowest BCUT2D eigenvalue weighted by Crippen LogP contribution is -2.24. The lowest BCUT2D eigenvalue weighted by Gasteiger charge is -2.05. The summed E-state index contributed by atoms with van der Waals surface area (Å²) in [7, 11) is -3.63. The number of hydrogen-bond donors (Lipinski definition) is 1. The van der Waals surface area contributed by atoms with E-state index in [2.05, 4.69) is 4.99 Å². The number of nitrogens with two attached hydrogens (primary N) is 1. The standard InChI is InChI=1S/C14H14N2O4S2/c1-9-2-4-10(5-3-9)22(19,20)8-12(15)16-11-6-7-21-13(11)14(17)18/h2-7H,8H2,1H3,(H2,15,16)(H,17,18)/p-1. The fraction of sp³-hybridized carbons (Fsp3) is 0.143. The van der Waals surface area contributed by atoms with Crippen molar-refractivity contribution in [1.82, 2.24) is 0 Å². The molecule has 6 nitrogen and oxygen atoms in total. The fourth-order valence-corrected chi connectivity index (χ4v) is 3.59. The van der Waals surface area contributed by atoms with Gasteiger partial charge in [0.1, 0.15) is 11.6 Å². The first-order valence-corrected chi connectivity index (χ1v) is 8.74. The Kier molecular flexibility index (Phi) is 4.62. The molecule has 0 saturated carbocycles. The van der Waals surface area contributed by atoms with Gasteiger partial charge in [0, 0.05) is 0 Å². The van der Waals surface area contributed by atoms with Gasteiger partial charge in [0.05, 0.1) is 21.4 Å². The zero-order valence-electron chi connectivity index (χ0n) is 11.6. The lowest BCUT2D eigenvalue weighted by molar-refractivity contribution is -0.254. The van der Waals surface area contributed by atoms with Crippen molar-refractivity contribution in [3.63, 3.8) is 0 Å². The van der Waals surface area contributed by atoms with Crippen LogP contribution < -0.4 is 10.8 Å². The highest BCUT2D eigenvalue weighted by Crippen LogP contribution is 2.24. The minimum atomic E-state index is -3.63. The summed E-state index contributed by atoms with van der Waals surface area (Å²) in [5.41, 5.74) is 6.69. The summed E-state index contributed by atoms with van der Waals surface area (Å²) in [6.45, 7) is 1.85. The van der Waals surface area contributed by atoms with Gasteiger partial charge in [-0.25, -0.2) is 13.4 Å². The molecule has 0 saturated heterocycles. The molecule has 0 aliphatic carbocycles. The number of aryl methyl sites for hydroxylation is 1. The van der Waals surface area contributed by atoms with Gasteiger partial charge in [-0.2, -0.15) is 0 Å². The number of aliphatic imine (C=N–C) groups is 1. The number of carbonyl (C=O) groups excluding carboxylic acids is 1. The maximum absolute atomic E-state index is 12.2. The van der Waals surface area contributed by atoms with Gasteiger partial charge in [-0.3, -0.25) is 0 Å². The molecule has 0 amide bonds. The molecule has 1 aromatic heterocycles. The number of nitrogens with zero attached hydrogens (tertiary/aromatic N) is 1. The number of benzene rings is 1. The molecule has 0 radical (unpaired) electrons. The van der Waals surface area contributed by atoms with Crippen LogP contribution in [-0.2, 0) is 9.84 Å². The van der Waals surface area contributed by atoms with Gasteiger partial charge in [-0.15, -0.1) is 11.3 Å². The van der Waals surface area contributed by atoms with Crippen LogP contribution >= 0.6 is 11.3 Å². The topological polar surface area (TPSA) is 113 Å². The predicted octanol–water partition coefficient (Wildman–Crippen LogP) is 0.883. The van der Waals surface area contributed by atoms with Gasteiger partial charge in [0.25, 0.3) is 0 Å². The van der Waals surface area contributed by atoms with Crippen molar-refractivity contribution < 1.29 is 18.3 Å². The van der Waals surface area contributed by atoms with Gasteiger partial charge >= 0.3 is 0 Å². The molecular formula is C14H13N2O4S2-. The molecule has 0 spiro atoms. The molecule has 0 aliphatic heterocycles. The largest absolute Gasteiger partial charge is 0.544 e. The summed E-state index contributed by atoms with van der Waals surface area (Å²) in [6.07, 6.45) is 0. The van der Waals surface area contributed by atoms with Crippen LogP contribution in [0.5, 0.6) is 0 Å². The van der Waals surface area contributed by atoms with Crippen molar-refractivity contribution in [2.75, 3.05) is 5.75 Å². The fourth-order valence-electron chi connectivity index (χ4n) is 1.75. The van der Waals surface area contributed by atoms with Crippen LogP contribution in [0.25, 0.3) is 0 Å². The average molecular weight is 337 g/mol. The van der Waals surface area contributed by atoms with E-state index in [9.17, 15) is 18.3 Å². The molecule has 0 aliphatic rings. The van der Waals surface area contributed by atoms with E-state index in [1.54, 1.807) is 12.1 Å². The van der Waals surface area contributed by atoms with Crippen LogP contribution in [0.3, 0.4) is 0 Å². The minimum absolute atomic E-state index is 0.0873. The number of thiophene rings is 1. The van der Waals surface area contributed by atoms with Gasteiger partial charge < -0.3 is 15.6 Å². The van der Waals surface area contributed by atoms with Gasteiger partial charge in [-0.1, -0.05) is 17.7 Å². The predicted molar refractivity (Wildman–Crippen MR) is 83.2 cm³/mol. The number of sulfone groups is 1. The summed E-state index contributed by atoms with van der Waals surface area (Å²) in [5.74, 6) is -2.04. The van der Waals surface area contributed by atoms with Crippen molar-refractivity contribution in [3.8, 4) is 0 Å². The Labute approximate surface area is 131 Å². The number of aromatic carboxylic acids is 1. The van der Waals surface area contributed by atoms with E-state index in [0.717, 1.165) is 16.9 Å². The number of carboxylic acids is 1. The summed E-state index contributed by atoms with van der Waals surface area (Å²) in [6, 6.07) is 7.81. The molecule has 116 valence electrons. The second-order valence-electron chi connectivity index (χ2n) is 4.60. The van der Waals surface area contributed by atoms with E-state index in [1.807, 2.05) is 6.92 Å². The van der Waals surface area contributed by atoms with Crippen molar-refractivity contribution >= 4 is 38.7 Å². The summed E-state index contributed by atoms with van der Waals surface area (Å²) in [4.78, 5) is 14.8. The maximum Gasteiger partial charge on any atom is 0.185 e. The third kappa shape index (κ3) is 3.71. The monoisotopic (exact) mass is 337 g/mol. The summed E-state index contributed by atoms with van der Waals surface area (Å²) >= 11 is 0.941. The molecule has 1 aromatic carbocycles. The molecule has 0 fully saturated rings. The SMILES string of the molecule is Cc1ccc(S(=O)(=O)CC(N)=Nc2ccsc2C(=O)[O-])cc1. The molecule has 2 N–H and O–H groups in total. The highest BCUT2D eigenvalue weighted by molar-refractivity contribution is 7.92. The molecule has 0 bridgehead atoms. The van der Waals surface area contributed by atoms with Crippen LogP contribution in [0.2, 0.25) is 0 Å². The van der Waals surface area contributed by atoms with Crippen molar-refractivity contribution in [1.29, 1.82) is 0 Å². The van der Waals surface area contributed by atoms with Crippen molar-refractivity contribution in [2.45, 2.75) is 11.8 Å². The molecule has 1 heterocycles. The molecule has 0 unspecified atom stereocenters. The maximum atomic E-state index is 12.2. The summed E-state index contributed by atoms with van der Waals surface area (Å²) in [5, 5.41) is 12.4. The van der Waals surface area contributed by atoms with E-state index in [4.69, 9.17) is 5.73 Å². The van der Waals surface area contributed by atoms with Crippen LogP contribution in [0.1, 0.15) is 15.2 Å². The average Bonchev–Trinajstić information content (AvgIpc) is 2.86. The second-order valence-corrected chi connectivity index (χ2v) is 7.50. The minimum Gasteiger partial charge on any atom is -0.544 e. The molecule has 22 heavy (non-hydrogen) atoms. The van der Waals surface area contributed by atoms with Gasteiger partial charge in [0.15, 0.2) is 9.84 Å². The first kappa shape index (κ1) is 16.2. The Morgan fingerprint density at radius 3 is 2.50 bits per heavy atom. The Morgan fingerprint density at radius 2 is 1.91 bits per heavy atom. The second kappa shape index (κ2) is 6.29. The van der Waals surface area contributed by atoms with E-state index in [1.165, 1.54) is 23.6 Å². The van der Waals surface area contributed by atoms with Crippen LogP contribution in [0.15, 0.2) is 45.6 Å². The van der Waals surface area contributed by atoms with E-state index in [0.29, 0.717) is 0 Å². The van der Waals surface area contributed by atoms with E-state index >= 15 is 0 Å². The van der Waals surface area contributed by atoms with Crippen molar-refractivity contribution in [2.24, 2.45) is 10.7 Å². The Morgan fingerprint density at radius 1 is 1.27 bits per heavy atom. The number of rotatable bonds is 5. The molecule has 0 atom stereocenters. The zero-order chi connectivity index (χ0) is 16.3.